The van der Waals surface area contributed by atoms with Gasteiger partial charge < -0.3 is 18.9 Å². The molecule has 0 radical (unpaired) electrons. The van der Waals surface area contributed by atoms with E-state index in [1.165, 1.54) is 25.5 Å². The van der Waals surface area contributed by atoms with E-state index in [1.54, 1.807) is 48.5 Å². The molecular weight excluding hydrogens is 499 g/mol. The minimum atomic E-state index is -0.400. The Kier molecular flexibility index (Phi) is 9.50. The van der Waals surface area contributed by atoms with Crippen LogP contribution in [0.1, 0.15) is 34.0 Å². The standard InChI is InChI=1S/C31H29FN2O5/c1-3-37-30-17-24(11-15-28(30)39-21-23-9-13-26(32)14-10-23)19-33-34-31(35)25-12-16-27(29(18-25)36-2)38-20-22-7-5-4-6-8-22/h4-19H,3,20-21H2,1-2H3,(H,34,35)/b33-19+. The van der Waals surface area contributed by atoms with Gasteiger partial charge in [-0.2, -0.15) is 5.10 Å². The second-order valence-electron chi connectivity index (χ2n) is 8.39. The van der Waals surface area contributed by atoms with E-state index in [2.05, 4.69) is 10.5 Å². The van der Waals surface area contributed by atoms with E-state index in [4.69, 9.17) is 18.9 Å². The van der Waals surface area contributed by atoms with Gasteiger partial charge in [-0.1, -0.05) is 42.5 Å². The van der Waals surface area contributed by atoms with Crippen LogP contribution in [0.15, 0.2) is 96.1 Å². The van der Waals surface area contributed by atoms with Crippen molar-refractivity contribution in [3.8, 4) is 23.0 Å². The number of amides is 1. The summed E-state index contributed by atoms with van der Waals surface area (Å²) in [5.74, 6) is 1.36. The molecule has 0 aliphatic rings. The molecule has 0 aromatic heterocycles. The highest BCUT2D eigenvalue weighted by Gasteiger charge is 2.12. The van der Waals surface area contributed by atoms with Crippen LogP contribution in [0.5, 0.6) is 23.0 Å². The van der Waals surface area contributed by atoms with Crippen LogP contribution < -0.4 is 24.4 Å². The monoisotopic (exact) mass is 528 g/mol. The van der Waals surface area contributed by atoms with E-state index in [0.29, 0.717) is 47.3 Å². The van der Waals surface area contributed by atoms with Gasteiger partial charge in [0.05, 0.1) is 19.9 Å². The Morgan fingerprint density at radius 2 is 1.46 bits per heavy atom. The van der Waals surface area contributed by atoms with Gasteiger partial charge in [0.25, 0.3) is 5.91 Å². The Morgan fingerprint density at radius 3 is 2.15 bits per heavy atom. The van der Waals surface area contributed by atoms with Crippen molar-refractivity contribution in [2.75, 3.05) is 13.7 Å². The lowest BCUT2D eigenvalue weighted by atomic mass is 10.2. The van der Waals surface area contributed by atoms with E-state index in [-0.39, 0.29) is 12.4 Å². The third kappa shape index (κ3) is 7.82. The number of methoxy groups -OCH3 is 1. The van der Waals surface area contributed by atoms with Crippen molar-refractivity contribution in [1.29, 1.82) is 0 Å². The van der Waals surface area contributed by atoms with Crippen LogP contribution in [-0.2, 0) is 13.2 Å². The fourth-order valence-corrected chi connectivity index (χ4v) is 3.63. The summed E-state index contributed by atoms with van der Waals surface area (Å²) in [6.45, 7) is 2.96. The number of nitrogens with zero attached hydrogens (tertiary/aromatic N) is 1. The number of hydrazone groups is 1. The number of nitrogens with one attached hydrogen (secondary N) is 1. The van der Waals surface area contributed by atoms with Gasteiger partial charge in [0, 0.05) is 5.56 Å². The number of hydrogen-bond donors (Lipinski definition) is 1. The van der Waals surface area contributed by atoms with Gasteiger partial charge in [0.15, 0.2) is 23.0 Å². The maximum atomic E-state index is 13.1. The second kappa shape index (κ2) is 13.6. The number of carbonyl (C=O) groups excluding carboxylic acids is 1. The molecule has 0 heterocycles. The molecule has 4 rings (SSSR count). The first kappa shape index (κ1) is 27.2. The van der Waals surface area contributed by atoms with Crippen molar-refractivity contribution in [1.82, 2.24) is 5.43 Å². The lowest BCUT2D eigenvalue weighted by Gasteiger charge is -2.13. The van der Waals surface area contributed by atoms with Gasteiger partial charge in [-0.25, -0.2) is 9.82 Å². The summed E-state index contributed by atoms with van der Waals surface area (Å²) in [6.07, 6.45) is 1.51. The van der Waals surface area contributed by atoms with E-state index in [1.807, 2.05) is 37.3 Å². The van der Waals surface area contributed by atoms with Crippen LogP contribution in [0.2, 0.25) is 0 Å². The highest BCUT2D eigenvalue weighted by atomic mass is 19.1. The molecule has 0 aliphatic heterocycles. The van der Waals surface area contributed by atoms with Crippen molar-refractivity contribution in [3.63, 3.8) is 0 Å². The first-order valence-corrected chi connectivity index (χ1v) is 12.4. The number of rotatable bonds is 12. The van der Waals surface area contributed by atoms with Crippen molar-refractivity contribution in [3.05, 3.63) is 119 Å². The largest absolute Gasteiger partial charge is 0.493 e. The number of ether oxygens (including phenoxy) is 4. The van der Waals surface area contributed by atoms with Gasteiger partial charge in [-0.3, -0.25) is 4.79 Å². The smallest absolute Gasteiger partial charge is 0.271 e. The molecule has 1 N–H and O–H groups in total. The molecule has 0 atom stereocenters. The summed E-state index contributed by atoms with van der Waals surface area (Å²) in [7, 11) is 1.52. The van der Waals surface area contributed by atoms with Crippen LogP contribution in [0.3, 0.4) is 0 Å². The molecule has 0 saturated carbocycles. The fraction of sp³-hybridized carbons (Fsp3) is 0.161. The van der Waals surface area contributed by atoms with E-state index >= 15 is 0 Å². The summed E-state index contributed by atoms with van der Waals surface area (Å²) < 4.78 is 36.0. The molecule has 0 unspecified atom stereocenters. The first-order chi connectivity index (χ1) is 19.1. The Labute approximate surface area is 226 Å². The van der Waals surface area contributed by atoms with Crippen LogP contribution >= 0.6 is 0 Å². The van der Waals surface area contributed by atoms with Crippen LogP contribution in [-0.4, -0.2) is 25.8 Å². The number of halogens is 1. The van der Waals surface area contributed by atoms with Crippen molar-refractivity contribution >= 4 is 12.1 Å². The Morgan fingerprint density at radius 1 is 0.795 bits per heavy atom. The van der Waals surface area contributed by atoms with Gasteiger partial charge in [-0.15, -0.1) is 0 Å². The molecule has 39 heavy (non-hydrogen) atoms. The molecule has 0 fully saturated rings. The van der Waals surface area contributed by atoms with Gasteiger partial charge in [0.2, 0.25) is 0 Å². The summed E-state index contributed by atoms with van der Waals surface area (Å²) in [6, 6.07) is 26.1. The van der Waals surface area contributed by atoms with Crippen molar-refractivity contribution in [2.45, 2.75) is 20.1 Å². The maximum absolute atomic E-state index is 13.1. The summed E-state index contributed by atoms with van der Waals surface area (Å²) in [5.41, 5.74) is 5.46. The zero-order valence-corrected chi connectivity index (χ0v) is 21.7. The quantitative estimate of drug-likeness (QED) is 0.176. The van der Waals surface area contributed by atoms with Crippen LogP contribution in [0, 0.1) is 5.82 Å². The summed E-state index contributed by atoms with van der Waals surface area (Å²) in [4.78, 5) is 12.7. The highest BCUT2D eigenvalue weighted by Crippen LogP contribution is 2.30. The number of benzene rings is 4. The number of carbonyl (C=O) groups is 1. The van der Waals surface area contributed by atoms with E-state index in [0.717, 1.165) is 11.1 Å². The highest BCUT2D eigenvalue weighted by molar-refractivity contribution is 5.95. The molecule has 0 saturated heterocycles. The van der Waals surface area contributed by atoms with Gasteiger partial charge in [-0.05, 0) is 72.1 Å². The Bertz CT molecular complexity index is 1410. The van der Waals surface area contributed by atoms with E-state index in [9.17, 15) is 9.18 Å². The third-order valence-corrected chi connectivity index (χ3v) is 5.62. The third-order valence-electron chi connectivity index (χ3n) is 5.62. The molecule has 1 amide bonds. The lowest BCUT2D eigenvalue weighted by molar-refractivity contribution is 0.0954. The minimum absolute atomic E-state index is 0.267. The normalized spacial score (nSPS) is 10.7. The molecule has 4 aromatic carbocycles. The molecule has 0 aliphatic carbocycles. The zero-order valence-electron chi connectivity index (χ0n) is 21.7. The van der Waals surface area contributed by atoms with Crippen molar-refractivity contribution in [2.24, 2.45) is 5.10 Å². The maximum Gasteiger partial charge on any atom is 0.271 e. The molecule has 4 aromatic rings. The van der Waals surface area contributed by atoms with Crippen LogP contribution in [0.25, 0.3) is 0 Å². The fourth-order valence-electron chi connectivity index (χ4n) is 3.63. The minimum Gasteiger partial charge on any atom is -0.493 e. The molecular formula is C31H29FN2O5. The Balaban J connectivity index is 1.36. The average Bonchev–Trinajstić information content (AvgIpc) is 2.97. The predicted molar refractivity (Wildman–Crippen MR) is 147 cm³/mol. The zero-order chi connectivity index (χ0) is 27.5. The van der Waals surface area contributed by atoms with E-state index < -0.39 is 5.91 Å². The summed E-state index contributed by atoms with van der Waals surface area (Å²) in [5, 5.41) is 4.08. The molecule has 0 bridgehead atoms. The topological polar surface area (TPSA) is 78.4 Å². The number of hydrogen-bond acceptors (Lipinski definition) is 6. The van der Waals surface area contributed by atoms with Crippen molar-refractivity contribution < 1.29 is 28.1 Å². The Hall–Kier alpha value is -4.85. The first-order valence-electron chi connectivity index (χ1n) is 12.4. The molecule has 7 nitrogen and oxygen atoms in total. The SMILES string of the molecule is CCOc1cc(/C=N/NC(=O)c2ccc(OCc3ccccc3)c(OC)c2)ccc1OCc1ccc(F)cc1. The van der Waals surface area contributed by atoms with Crippen LogP contribution in [0.4, 0.5) is 4.39 Å². The van der Waals surface area contributed by atoms with Gasteiger partial charge in [0.1, 0.15) is 19.0 Å². The summed E-state index contributed by atoms with van der Waals surface area (Å²) >= 11 is 0. The van der Waals surface area contributed by atoms with Gasteiger partial charge >= 0.3 is 0 Å². The predicted octanol–water partition coefficient (Wildman–Crippen LogP) is 6.15. The average molecular weight is 529 g/mol. The molecule has 8 heteroatoms. The molecule has 0 spiro atoms. The lowest BCUT2D eigenvalue weighted by Crippen LogP contribution is -2.17. The second-order valence-corrected chi connectivity index (χ2v) is 8.39. The molecule has 200 valence electrons.